The zero-order valence-electron chi connectivity index (χ0n) is 18.9. The number of hydrogen-bond acceptors (Lipinski definition) is 5. The number of morpholine rings is 1. The topological polar surface area (TPSA) is 91.1 Å². The average molecular weight is 442 g/mol. The van der Waals surface area contributed by atoms with Crippen LogP contribution in [0.25, 0.3) is 0 Å². The summed E-state index contributed by atoms with van der Waals surface area (Å²) in [5.74, 6) is 1.69. The number of aliphatic imine (C=N–C) groups is 1. The van der Waals surface area contributed by atoms with Crippen LogP contribution in [0.1, 0.15) is 28.1 Å². The van der Waals surface area contributed by atoms with Crippen molar-refractivity contribution >= 4 is 11.9 Å². The van der Waals surface area contributed by atoms with Crippen molar-refractivity contribution < 1.29 is 13.9 Å². The zero-order valence-corrected chi connectivity index (χ0v) is 18.9. The molecule has 0 radical (unpaired) electrons. The number of furan rings is 1. The lowest BCUT2D eigenvalue weighted by Crippen LogP contribution is -2.40. The Balaban J connectivity index is 1.47. The molecule has 2 aromatic rings. The van der Waals surface area contributed by atoms with E-state index in [1.54, 1.807) is 13.3 Å². The predicted octanol–water partition coefficient (Wildman–Crippen LogP) is 1.68. The normalized spacial score (nSPS) is 14.8. The van der Waals surface area contributed by atoms with Crippen molar-refractivity contribution in [3.05, 3.63) is 59.5 Å². The van der Waals surface area contributed by atoms with E-state index >= 15 is 0 Å². The number of rotatable bonds is 11. The van der Waals surface area contributed by atoms with Gasteiger partial charge in [0.1, 0.15) is 5.76 Å². The third kappa shape index (κ3) is 8.36. The van der Waals surface area contributed by atoms with Crippen LogP contribution in [0.15, 0.2) is 52.1 Å². The Morgan fingerprint density at radius 2 is 1.91 bits per heavy atom. The van der Waals surface area contributed by atoms with Crippen molar-refractivity contribution in [1.29, 1.82) is 0 Å². The second-order valence-electron chi connectivity index (χ2n) is 7.75. The van der Waals surface area contributed by atoms with Gasteiger partial charge in [-0.3, -0.25) is 14.7 Å². The Hall–Kier alpha value is -2.84. The van der Waals surface area contributed by atoms with Crippen molar-refractivity contribution in [2.75, 3.05) is 59.5 Å². The van der Waals surface area contributed by atoms with Crippen LogP contribution in [-0.4, -0.2) is 76.3 Å². The number of carbonyl (C=O) groups is 1. The summed E-state index contributed by atoms with van der Waals surface area (Å²) in [7, 11) is 1.65. The maximum atomic E-state index is 11.9. The van der Waals surface area contributed by atoms with E-state index in [0.717, 1.165) is 89.0 Å². The van der Waals surface area contributed by atoms with Gasteiger partial charge in [-0.15, -0.1) is 0 Å². The standard InChI is InChI=1S/C24H35N5O3/c1-25-23(30)21-6-2-5-20(19-21)8-11-27-24(28-12-9-22-7-3-16-32-22)26-10-4-13-29-14-17-31-18-15-29/h2-3,5-7,16,19H,4,8-15,17-18H2,1H3,(H,25,30)(H2,26,27,28). The van der Waals surface area contributed by atoms with Crippen molar-refractivity contribution in [3.63, 3.8) is 0 Å². The van der Waals surface area contributed by atoms with Gasteiger partial charge in [0, 0.05) is 58.3 Å². The zero-order chi connectivity index (χ0) is 22.4. The highest BCUT2D eigenvalue weighted by atomic mass is 16.5. The second kappa shape index (κ2) is 13.5. The van der Waals surface area contributed by atoms with Crippen LogP contribution in [0, 0.1) is 0 Å². The molecule has 0 atom stereocenters. The van der Waals surface area contributed by atoms with Crippen molar-refractivity contribution in [2.45, 2.75) is 19.3 Å². The molecule has 32 heavy (non-hydrogen) atoms. The Labute approximate surface area is 190 Å². The molecule has 0 unspecified atom stereocenters. The molecule has 1 aliphatic rings. The summed E-state index contributed by atoms with van der Waals surface area (Å²) in [5, 5.41) is 9.49. The molecule has 8 nitrogen and oxygen atoms in total. The van der Waals surface area contributed by atoms with Gasteiger partial charge in [0.2, 0.25) is 0 Å². The van der Waals surface area contributed by atoms with Gasteiger partial charge in [-0.25, -0.2) is 0 Å². The van der Waals surface area contributed by atoms with Crippen molar-refractivity contribution in [2.24, 2.45) is 4.99 Å². The molecule has 8 heteroatoms. The molecule has 1 fully saturated rings. The summed E-state index contributed by atoms with van der Waals surface area (Å²) in [6.45, 7) is 6.94. The molecule has 1 amide bonds. The number of nitrogens with one attached hydrogen (secondary N) is 3. The smallest absolute Gasteiger partial charge is 0.251 e. The Morgan fingerprint density at radius 3 is 2.66 bits per heavy atom. The SMILES string of the molecule is CNC(=O)c1cccc(CCNC(=NCCCN2CCOCC2)NCCc2ccco2)c1. The van der Waals surface area contributed by atoms with Crippen LogP contribution in [0.2, 0.25) is 0 Å². The lowest BCUT2D eigenvalue weighted by Gasteiger charge is -2.26. The van der Waals surface area contributed by atoms with Gasteiger partial charge in [-0.05, 0) is 42.7 Å². The van der Waals surface area contributed by atoms with Crippen molar-refractivity contribution in [3.8, 4) is 0 Å². The highest BCUT2D eigenvalue weighted by molar-refractivity contribution is 5.94. The number of nitrogens with zero attached hydrogens (tertiary/aromatic N) is 2. The van der Waals surface area contributed by atoms with E-state index in [9.17, 15) is 4.79 Å². The predicted molar refractivity (Wildman–Crippen MR) is 126 cm³/mol. The molecule has 174 valence electrons. The van der Waals surface area contributed by atoms with E-state index < -0.39 is 0 Å². The van der Waals surface area contributed by atoms with Crippen LogP contribution < -0.4 is 16.0 Å². The summed E-state index contributed by atoms with van der Waals surface area (Å²) in [6, 6.07) is 11.6. The molecule has 1 aromatic heterocycles. The highest BCUT2D eigenvalue weighted by Crippen LogP contribution is 2.06. The molecule has 0 aliphatic carbocycles. The van der Waals surface area contributed by atoms with E-state index in [1.165, 1.54) is 0 Å². The molecule has 2 heterocycles. The minimum atomic E-state index is -0.0677. The van der Waals surface area contributed by atoms with Gasteiger partial charge in [0.25, 0.3) is 5.91 Å². The number of benzene rings is 1. The molecular formula is C24H35N5O3. The molecule has 3 N–H and O–H groups in total. The summed E-state index contributed by atoms with van der Waals surface area (Å²) in [5.41, 5.74) is 1.79. The lowest BCUT2D eigenvalue weighted by atomic mass is 10.1. The van der Waals surface area contributed by atoms with E-state index in [4.69, 9.17) is 14.1 Å². The monoisotopic (exact) mass is 441 g/mol. The van der Waals surface area contributed by atoms with Gasteiger partial charge >= 0.3 is 0 Å². The van der Waals surface area contributed by atoms with Gasteiger partial charge in [0.15, 0.2) is 5.96 Å². The van der Waals surface area contributed by atoms with Crippen LogP contribution in [-0.2, 0) is 17.6 Å². The van der Waals surface area contributed by atoms with Crippen molar-refractivity contribution in [1.82, 2.24) is 20.9 Å². The second-order valence-corrected chi connectivity index (χ2v) is 7.75. The minimum Gasteiger partial charge on any atom is -0.469 e. The molecule has 0 bridgehead atoms. The van der Waals surface area contributed by atoms with E-state index in [0.29, 0.717) is 5.56 Å². The first-order valence-electron chi connectivity index (χ1n) is 11.4. The van der Waals surface area contributed by atoms with Crippen LogP contribution in [0.3, 0.4) is 0 Å². The fourth-order valence-electron chi connectivity index (χ4n) is 3.58. The van der Waals surface area contributed by atoms with E-state index in [2.05, 4.69) is 20.9 Å². The Kier molecular flexibility index (Phi) is 10.1. The van der Waals surface area contributed by atoms with Crippen LogP contribution in [0.5, 0.6) is 0 Å². The molecule has 0 spiro atoms. The van der Waals surface area contributed by atoms with Crippen LogP contribution in [0.4, 0.5) is 0 Å². The van der Waals surface area contributed by atoms with Crippen LogP contribution >= 0.6 is 0 Å². The fourth-order valence-corrected chi connectivity index (χ4v) is 3.58. The third-order valence-corrected chi connectivity index (χ3v) is 5.37. The maximum absolute atomic E-state index is 11.9. The molecule has 3 rings (SSSR count). The molecule has 0 saturated carbocycles. The number of ether oxygens (including phenoxy) is 1. The third-order valence-electron chi connectivity index (χ3n) is 5.37. The number of guanidine groups is 1. The van der Waals surface area contributed by atoms with Gasteiger partial charge in [-0.1, -0.05) is 12.1 Å². The first-order chi connectivity index (χ1) is 15.7. The first-order valence-corrected chi connectivity index (χ1v) is 11.4. The number of carbonyl (C=O) groups excluding carboxylic acids is 1. The fraction of sp³-hybridized carbons (Fsp3) is 0.500. The van der Waals surface area contributed by atoms with Gasteiger partial charge in [-0.2, -0.15) is 0 Å². The summed E-state index contributed by atoms with van der Waals surface area (Å²) in [6.07, 6.45) is 4.31. The number of hydrogen-bond donors (Lipinski definition) is 3. The highest BCUT2D eigenvalue weighted by Gasteiger charge is 2.09. The molecule has 1 aromatic carbocycles. The van der Waals surface area contributed by atoms with Gasteiger partial charge < -0.3 is 25.1 Å². The Morgan fingerprint density at radius 1 is 1.09 bits per heavy atom. The lowest BCUT2D eigenvalue weighted by molar-refractivity contribution is 0.0377. The minimum absolute atomic E-state index is 0.0677. The van der Waals surface area contributed by atoms with Gasteiger partial charge in [0.05, 0.1) is 19.5 Å². The first kappa shape index (κ1) is 23.8. The maximum Gasteiger partial charge on any atom is 0.251 e. The molecule has 1 aliphatic heterocycles. The number of amides is 1. The Bertz CT molecular complexity index is 832. The molecule has 1 saturated heterocycles. The summed E-state index contributed by atoms with van der Waals surface area (Å²) < 4.78 is 10.8. The quantitative estimate of drug-likeness (QED) is 0.279. The summed E-state index contributed by atoms with van der Waals surface area (Å²) >= 11 is 0. The summed E-state index contributed by atoms with van der Waals surface area (Å²) in [4.78, 5) is 19.0. The molecular weight excluding hydrogens is 406 g/mol. The largest absolute Gasteiger partial charge is 0.469 e. The van der Waals surface area contributed by atoms with E-state index in [-0.39, 0.29) is 5.91 Å². The average Bonchev–Trinajstić information content (AvgIpc) is 3.35. The van der Waals surface area contributed by atoms with E-state index in [1.807, 2.05) is 36.4 Å².